The van der Waals surface area contributed by atoms with E-state index in [9.17, 15) is 0 Å². The lowest BCUT2D eigenvalue weighted by Gasteiger charge is -2.20. The van der Waals surface area contributed by atoms with E-state index in [1.54, 1.807) is 0 Å². The highest BCUT2D eigenvalue weighted by Gasteiger charge is 2.13. The van der Waals surface area contributed by atoms with Crippen LogP contribution in [0.4, 0.5) is 0 Å². The highest BCUT2D eigenvalue weighted by Crippen LogP contribution is 2.23. The summed E-state index contributed by atoms with van der Waals surface area (Å²) in [6, 6.07) is 0. The predicted octanol–water partition coefficient (Wildman–Crippen LogP) is 1.97. The van der Waals surface area contributed by atoms with Gasteiger partial charge in [-0.05, 0) is 17.9 Å². The molecule has 1 heteroatoms. The van der Waals surface area contributed by atoms with Crippen LogP contribution in [0.15, 0.2) is 11.6 Å². The molecule has 0 aromatic rings. The second-order valence-electron chi connectivity index (χ2n) is 3.22. The minimum atomic E-state index is 0.128. The second-order valence-corrected chi connectivity index (χ2v) is 3.22. The maximum atomic E-state index is 8.79. The smallest absolute Gasteiger partial charge is 0.0646 e. The molecule has 0 fully saturated rings. The molecule has 0 aromatic carbocycles. The van der Waals surface area contributed by atoms with Gasteiger partial charge in [-0.15, -0.1) is 0 Å². The van der Waals surface area contributed by atoms with Crippen molar-refractivity contribution in [2.45, 2.75) is 27.7 Å². The van der Waals surface area contributed by atoms with Crippen LogP contribution in [0.2, 0.25) is 0 Å². The first kappa shape index (κ1) is 8.70. The summed E-state index contributed by atoms with van der Waals surface area (Å²) >= 11 is 0. The number of aliphatic hydroxyl groups excluding tert-OH is 1. The van der Waals surface area contributed by atoms with Gasteiger partial charge in [-0.25, -0.2) is 0 Å². The molecule has 1 nitrogen and oxygen atoms in total. The lowest BCUT2D eigenvalue weighted by molar-refractivity contribution is 0.295. The van der Waals surface area contributed by atoms with E-state index in [0.717, 1.165) is 5.57 Å². The van der Waals surface area contributed by atoms with Crippen LogP contribution >= 0.6 is 0 Å². The molecule has 1 N–H and O–H groups in total. The lowest BCUT2D eigenvalue weighted by atomic mass is 9.87. The third kappa shape index (κ3) is 2.66. The Bertz CT molecular complexity index is 106. The zero-order valence-corrected chi connectivity index (χ0v) is 6.73. The van der Waals surface area contributed by atoms with Gasteiger partial charge in [0.1, 0.15) is 0 Å². The molecule has 0 spiro atoms. The summed E-state index contributed by atoms with van der Waals surface area (Å²) in [7, 11) is 0. The molecular formula is C8H16O. The van der Waals surface area contributed by atoms with Crippen LogP contribution in [-0.4, -0.2) is 11.7 Å². The lowest BCUT2D eigenvalue weighted by Crippen LogP contribution is -2.12. The van der Waals surface area contributed by atoms with Gasteiger partial charge < -0.3 is 5.11 Å². The van der Waals surface area contributed by atoms with E-state index in [0.29, 0.717) is 0 Å². The highest BCUT2D eigenvalue weighted by molar-refractivity contribution is 5.09. The van der Waals surface area contributed by atoms with E-state index < -0.39 is 0 Å². The van der Waals surface area contributed by atoms with Crippen LogP contribution in [0.3, 0.4) is 0 Å². The van der Waals surface area contributed by atoms with Gasteiger partial charge in [0, 0.05) is 0 Å². The molecule has 0 aliphatic heterocycles. The van der Waals surface area contributed by atoms with Gasteiger partial charge in [0.25, 0.3) is 0 Å². The van der Waals surface area contributed by atoms with Crippen LogP contribution < -0.4 is 0 Å². The first-order chi connectivity index (χ1) is 4.02. The molecule has 0 unspecified atom stereocenters. The van der Waals surface area contributed by atoms with Crippen LogP contribution in [-0.2, 0) is 0 Å². The van der Waals surface area contributed by atoms with Gasteiger partial charge in [0.2, 0.25) is 0 Å². The van der Waals surface area contributed by atoms with Crippen molar-refractivity contribution in [1.82, 2.24) is 0 Å². The summed E-state index contributed by atoms with van der Waals surface area (Å²) in [6.45, 7) is 8.42. The van der Waals surface area contributed by atoms with Crippen LogP contribution in [0, 0.1) is 5.41 Å². The summed E-state index contributed by atoms with van der Waals surface area (Å²) < 4.78 is 0. The normalized spacial score (nSPS) is 14.1. The fourth-order valence-corrected chi connectivity index (χ4v) is 0.761. The largest absolute Gasteiger partial charge is 0.392 e. The zero-order valence-electron chi connectivity index (χ0n) is 6.73. The van der Waals surface area contributed by atoms with E-state index in [1.807, 2.05) is 13.0 Å². The molecule has 0 bridgehead atoms. The van der Waals surface area contributed by atoms with Gasteiger partial charge in [-0.3, -0.25) is 0 Å². The van der Waals surface area contributed by atoms with Crippen molar-refractivity contribution in [2.24, 2.45) is 5.41 Å². The minimum absolute atomic E-state index is 0.128. The second kappa shape index (κ2) is 3.02. The van der Waals surface area contributed by atoms with Crippen LogP contribution in [0.1, 0.15) is 27.7 Å². The topological polar surface area (TPSA) is 20.2 Å². The first-order valence-corrected chi connectivity index (χ1v) is 3.29. The molecule has 0 aromatic heterocycles. The predicted molar refractivity (Wildman–Crippen MR) is 40.3 cm³/mol. The molecule has 0 aliphatic carbocycles. The summed E-state index contributed by atoms with van der Waals surface area (Å²) in [4.78, 5) is 0. The van der Waals surface area contributed by atoms with Crippen molar-refractivity contribution in [3.63, 3.8) is 0 Å². The molecule has 0 saturated heterocycles. The average molecular weight is 128 g/mol. The van der Waals surface area contributed by atoms with E-state index in [-0.39, 0.29) is 12.0 Å². The van der Waals surface area contributed by atoms with Crippen molar-refractivity contribution < 1.29 is 5.11 Å². The molecule has 0 radical (unpaired) electrons. The molecule has 0 heterocycles. The molecule has 0 amide bonds. The van der Waals surface area contributed by atoms with Crippen LogP contribution in [0.5, 0.6) is 0 Å². The molecule has 9 heavy (non-hydrogen) atoms. The third-order valence-electron chi connectivity index (χ3n) is 1.48. The van der Waals surface area contributed by atoms with Gasteiger partial charge in [0.05, 0.1) is 6.61 Å². The zero-order chi connectivity index (χ0) is 7.49. The Morgan fingerprint density at radius 3 is 1.89 bits per heavy atom. The Labute approximate surface area is 57.4 Å². The number of allylic oxidation sites excluding steroid dienone is 1. The number of rotatable bonds is 1. The quantitative estimate of drug-likeness (QED) is 0.535. The molecular weight excluding hydrogens is 112 g/mol. The highest BCUT2D eigenvalue weighted by atomic mass is 16.3. The van der Waals surface area contributed by atoms with E-state index in [4.69, 9.17) is 5.11 Å². The molecule has 0 aliphatic rings. The Morgan fingerprint density at radius 1 is 1.44 bits per heavy atom. The van der Waals surface area contributed by atoms with Gasteiger partial charge in [0.15, 0.2) is 0 Å². The third-order valence-corrected chi connectivity index (χ3v) is 1.48. The van der Waals surface area contributed by atoms with Crippen molar-refractivity contribution in [2.75, 3.05) is 6.61 Å². The Kier molecular flexibility index (Phi) is 2.92. The van der Waals surface area contributed by atoms with Crippen LogP contribution in [0.25, 0.3) is 0 Å². The standard InChI is InChI=1S/C8H16O/c1-5-7(6-9)8(2,3)4/h5,9H,6H2,1-4H3. The molecule has 0 rings (SSSR count). The summed E-state index contributed by atoms with van der Waals surface area (Å²) in [6.07, 6.45) is 1.97. The Hall–Kier alpha value is -0.300. The van der Waals surface area contributed by atoms with E-state index >= 15 is 0 Å². The average Bonchev–Trinajstić information content (AvgIpc) is 1.65. The molecule has 0 saturated carbocycles. The summed E-state index contributed by atoms with van der Waals surface area (Å²) in [5.41, 5.74) is 1.23. The molecule has 54 valence electrons. The van der Waals surface area contributed by atoms with Crippen molar-refractivity contribution in [3.05, 3.63) is 11.6 Å². The maximum Gasteiger partial charge on any atom is 0.0646 e. The Balaban J connectivity index is 4.14. The van der Waals surface area contributed by atoms with Crippen molar-refractivity contribution >= 4 is 0 Å². The molecule has 0 atom stereocenters. The summed E-state index contributed by atoms with van der Waals surface area (Å²) in [5.74, 6) is 0. The van der Waals surface area contributed by atoms with Gasteiger partial charge >= 0.3 is 0 Å². The minimum Gasteiger partial charge on any atom is -0.392 e. The fraction of sp³-hybridized carbons (Fsp3) is 0.750. The summed E-state index contributed by atoms with van der Waals surface area (Å²) in [5, 5.41) is 8.79. The van der Waals surface area contributed by atoms with E-state index in [1.165, 1.54) is 0 Å². The van der Waals surface area contributed by atoms with E-state index in [2.05, 4.69) is 20.8 Å². The van der Waals surface area contributed by atoms with Crippen molar-refractivity contribution in [3.8, 4) is 0 Å². The first-order valence-electron chi connectivity index (χ1n) is 3.29. The number of hydrogen-bond donors (Lipinski definition) is 1. The van der Waals surface area contributed by atoms with Crippen molar-refractivity contribution in [1.29, 1.82) is 0 Å². The fourth-order valence-electron chi connectivity index (χ4n) is 0.761. The number of aliphatic hydroxyl groups is 1. The SMILES string of the molecule is CC=C(CO)C(C)(C)C. The number of hydrogen-bond acceptors (Lipinski definition) is 1. The van der Waals surface area contributed by atoms with Gasteiger partial charge in [-0.2, -0.15) is 0 Å². The Morgan fingerprint density at radius 2 is 1.89 bits per heavy atom. The van der Waals surface area contributed by atoms with Gasteiger partial charge in [-0.1, -0.05) is 26.8 Å². The maximum absolute atomic E-state index is 8.79. The monoisotopic (exact) mass is 128 g/mol.